The molecule has 0 spiro atoms. The van der Waals surface area contributed by atoms with E-state index in [0.717, 1.165) is 25.7 Å². The quantitative estimate of drug-likeness (QED) is 0.517. The predicted molar refractivity (Wildman–Crippen MR) is 112 cm³/mol. The number of ether oxygens (including phenoxy) is 1. The van der Waals surface area contributed by atoms with Crippen LogP contribution < -0.4 is 0 Å². The van der Waals surface area contributed by atoms with Crippen molar-refractivity contribution in [1.29, 1.82) is 0 Å². The number of ketones is 1. The molecule has 5 aliphatic rings. The molecule has 1 amide bonds. The molecule has 30 heavy (non-hydrogen) atoms. The average Bonchev–Trinajstić information content (AvgIpc) is 3.20. The number of carbonyl (C=O) groups excluding carboxylic acids is 3. The molecule has 4 bridgehead atoms. The minimum Gasteiger partial charge on any atom is -0.456 e. The Morgan fingerprint density at radius 1 is 1.00 bits per heavy atom. The first-order valence-electron chi connectivity index (χ1n) is 11.2. The van der Waals surface area contributed by atoms with E-state index in [2.05, 4.69) is 0 Å². The van der Waals surface area contributed by atoms with Gasteiger partial charge in [0.2, 0.25) is 5.91 Å². The summed E-state index contributed by atoms with van der Waals surface area (Å²) >= 11 is 5.85. The van der Waals surface area contributed by atoms with E-state index in [1.807, 2.05) is 0 Å². The van der Waals surface area contributed by atoms with Crippen LogP contribution in [-0.4, -0.2) is 41.8 Å². The molecule has 0 aromatic heterocycles. The van der Waals surface area contributed by atoms with Crippen LogP contribution in [0.15, 0.2) is 24.3 Å². The van der Waals surface area contributed by atoms with Crippen molar-refractivity contribution in [2.45, 2.75) is 57.4 Å². The number of likely N-dealkylation sites (tertiary alicyclic amines) is 1. The highest BCUT2D eigenvalue weighted by Crippen LogP contribution is 2.60. The van der Waals surface area contributed by atoms with Gasteiger partial charge in [0.15, 0.2) is 12.4 Å². The first kappa shape index (κ1) is 20.0. The Balaban J connectivity index is 1.24. The zero-order chi connectivity index (χ0) is 20.9. The lowest BCUT2D eigenvalue weighted by atomic mass is 9.49. The number of hydrogen-bond donors (Lipinski definition) is 0. The molecule has 1 heterocycles. The number of halogens is 1. The Labute approximate surface area is 182 Å². The number of Topliss-reactive ketones (excluding diaryl/α,β-unsaturated/α-hetero) is 1. The van der Waals surface area contributed by atoms with Crippen LogP contribution in [0.4, 0.5) is 0 Å². The van der Waals surface area contributed by atoms with Gasteiger partial charge in [0, 0.05) is 17.1 Å². The lowest BCUT2D eigenvalue weighted by molar-refractivity contribution is -0.165. The van der Waals surface area contributed by atoms with Crippen molar-refractivity contribution in [2.75, 3.05) is 13.2 Å². The Hall–Kier alpha value is -1.88. The molecular weight excluding hydrogens is 402 g/mol. The molecule has 0 N–H and O–H groups in total. The van der Waals surface area contributed by atoms with Gasteiger partial charge < -0.3 is 9.64 Å². The summed E-state index contributed by atoms with van der Waals surface area (Å²) in [5.74, 6) is 1.51. The molecule has 1 saturated heterocycles. The summed E-state index contributed by atoms with van der Waals surface area (Å²) in [5, 5.41) is 0.549. The van der Waals surface area contributed by atoms with Gasteiger partial charge in [-0.2, -0.15) is 0 Å². The van der Waals surface area contributed by atoms with Gasteiger partial charge in [-0.3, -0.25) is 9.59 Å². The normalized spacial score (nSPS) is 34.2. The first-order chi connectivity index (χ1) is 14.4. The summed E-state index contributed by atoms with van der Waals surface area (Å²) < 4.78 is 5.36. The smallest absolute Gasteiger partial charge is 0.329 e. The SMILES string of the molecule is O=C(COC(=O)[C@H]1CCCN1C(=O)C12CC3CC(CC(C3)C1)C2)c1ccc(Cl)cc1. The molecule has 6 rings (SSSR count). The van der Waals surface area contributed by atoms with Crippen molar-refractivity contribution < 1.29 is 19.1 Å². The van der Waals surface area contributed by atoms with Gasteiger partial charge in [-0.05, 0) is 93.4 Å². The van der Waals surface area contributed by atoms with Crippen LogP contribution in [-0.2, 0) is 14.3 Å². The third-order valence-electron chi connectivity index (χ3n) is 7.79. The molecule has 160 valence electrons. The van der Waals surface area contributed by atoms with Gasteiger partial charge in [-0.1, -0.05) is 11.6 Å². The van der Waals surface area contributed by atoms with E-state index in [4.69, 9.17) is 16.3 Å². The number of amides is 1. The summed E-state index contributed by atoms with van der Waals surface area (Å²) in [7, 11) is 0. The van der Waals surface area contributed by atoms with Crippen LogP contribution in [0.3, 0.4) is 0 Å². The van der Waals surface area contributed by atoms with Gasteiger partial charge in [0.25, 0.3) is 0 Å². The van der Waals surface area contributed by atoms with Crippen molar-refractivity contribution in [3.63, 3.8) is 0 Å². The molecule has 0 unspecified atom stereocenters. The number of hydrogen-bond acceptors (Lipinski definition) is 4. The van der Waals surface area contributed by atoms with E-state index >= 15 is 0 Å². The molecule has 5 fully saturated rings. The first-order valence-corrected chi connectivity index (χ1v) is 11.6. The number of carbonyl (C=O) groups is 3. The average molecular weight is 430 g/mol. The minimum absolute atomic E-state index is 0.171. The largest absolute Gasteiger partial charge is 0.456 e. The summed E-state index contributed by atoms with van der Waals surface area (Å²) in [5.41, 5.74) is 0.205. The highest BCUT2D eigenvalue weighted by molar-refractivity contribution is 6.30. The van der Waals surface area contributed by atoms with Crippen LogP contribution in [0.5, 0.6) is 0 Å². The molecule has 4 saturated carbocycles. The van der Waals surface area contributed by atoms with Crippen LogP contribution in [0.25, 0.3) is 0 Å². The molecular formula is C24H28ClNO4. The zero-order valence-corrected chi connectivity index (χ0v) is 17.9. The fraction of sp³-hybridized carbons (Fsp3) is 0.625. The van der Waals surface area contributed by atoms with Crippen molar-refractivity contribution in [3.05, 3.63) is 34.9 Å². The second-order valence-electron chi connectivity index (χ2n) is 9.89. The third-order valence-corrected chi connectivity index (χ3v) is 8.04. The zero-order valence-electron chi connectivity index (χ0n) is 17.1. The fourth-order valence-electron chi connectivity index (χ4n) is 6.88. The summed E-state index contributed by atoms with van der Waals surface area (Å²) in [6.07, 6.45) is 8.25. The van der Waals surface area contributed by atoms with E-state index in [1.54, 1.807) is 29.2 Å². The maximum Gasteiger partial charge on any atom is 0.329 e. The Morgan fingerprint density at radius 3 is 2.20 bits per heavy atom. The molecule has 6 heteroatoms. The van der Waals surface area contributed by atoms with Crippen molar-refractivity contribution in [3.8, 4) is 0 Å². The molecule has 1 atom stereocenters. The topological polar surface area (TPSA) is 63.7 Å². The number of benzene rings is 1. The van der Waals surface area contributed by atoms with Crippen molar-refractivity contribution >= 4 is 29.3 Å². The van der Waals surface area contributed by atoms with E-state index in [1.165, 1.54) is 19.3 Å². The van der Waals surface area contributed by atoms with E-state index in [0.29, 0.717) is 41.3 Å². The highest BCUT2D eigenvalue weighted by atomic mass is 35.5. The van der Waals surface area contributed by atoms with Crippen LogP contribution in [0, 0.1) is 23.2 Å². The summed E-state index contributed by atoms with van der Waals surface area (Å²) in [6.45, 7) is 0.307. The number of rotatable bonds is 5. The summed E-state index contributed by atoms with van der Waals surface area (Å²) in [4.78, 5) is 40.5. The molecule has 0 radical (unpaired) electrons. The Bertz CT molecular complexity index is 829. The van der Waals surface area contributed by atoms with E-state index in [9.17, 15) is 14.4 Å². The maximum absolute atomic E-state index is 13.6. The van der Waals surface area contributed by atoms with Crippen molar-refractivity contribution in [2.24, 2.45) is 23.2 Å². The van der Waals surface area contributed by atoms with Gasteiger partial charge >= 0.3 is 5.97 Å². The highest BCUT2D eigenvalue weighted by Gasteiger charge is 2.57. The fourth-order valence-corrected chi connectivity index (χ4v) is 7.01. The number of esters is 1. The predicted octanol–water partition coefficient (Wildman–Crippen LogP) is 4.27. The maximum atomic E-state index is 13.6. The van der Waals surface area contributed by atoms with Gasteiger partial charge in [0.05, 0.1) is 5.41 Å². The van der Waals surface area contributed by atoms with Gasteiger partial charge in [0.1, 0.15) is 6.04 Å². The van der Waals surface area contributed by atoms with Gasteiger partial charge in [-0.15, -0.1) is 0 Å². The molecule has 1 aromatic rings. The van der Waals surface area contributed by atoms with Gasteiger partial charge in [-0.25, -0.2) is 4.79 Å². The lowest BCUT2D eigenvalue weighted by Crippen LogP contribution is -2.56. The van der Waals surface area contributed by atoms with E-state index in [-0.39, 0.29) is 23.7 Å². The number of nitrogens with zero attached hydrogens (tertiary/aromatic N) is 1. The van der Waals surface area contributed by atoms with Crippen LogP contribution in [0.2, 0.25) is 5.02 Å². The molecule has 1 aliphatic heterocycles. The summed E-state index contributed by atoms with van der Waals surface area (Å²) in [6, 6.07) is 5.97. The standard InChI is InChI=1S/C24H28ClNO4/c25-19-5-3-18(4-6-19)21(27)14-30-22(28)20-2-1-7-26(20)23(29)24-11-15-8-16(12-24)10-17(9-15)13-24/h3-6,15-17,20H,1-2,7-14H2/t15?,16?,17?,20-,24?/m1/s1. The Morgan fingerprint density at radius 2 is 1.60 bits per heavy atom. The van der Waals surface area contributed by atoms with E-state index < -0.39 is 12.0 Å². The van der Waals surface area contributed by atoms with Crippen LogP contribution >= 0.6 is 11.6 Å². The second kappa shape index (κ2) is 7.67. The van der Waals surface area contributed by atoms with Crippen molar-refractivity contribution in [1.82, 2.24) is 4.90 Å². The monoisotopic (exact) mass is 429 g/mol. The molecule has 1 aromatic carbocycles. The molecule has 5 nitrogen and oxygen atoms in total. The second-order valence-corrected chi connectivity index (χ2v) is 10.3. The minimum atomic E-state index is -0.552. The lowest BCUT2D eigenvalue weighted by Gasteiger charge is -2.56. The Kier molecular flexibility index (Phi) is 5.12. The van der Waals surface area contributed by atoms with Crippen LogP contribution in [0.1, 0.15) is 61.7 Å². The third kappa shape index (κ3) is 3.55. The molecule has 4 aliphatic carbocycles.